The normalized spacial score (nSPS) is 21.7. The van der Waals surface area contributed by atoms with E-state index < -0.39 is 12.2 Å². The van der Waals surface area contributed by atoms with Crippen molar-refractivity contribution in [2.75, 3.05) is 26.4 Å². The van der Waals surface area contributed by atoms with Crippen molar-refractivity contribution in [3.63, 3.8) is 0 Å². The molecule has 4 amide bonds. The molecule has 0 radical (unpaired) electrons. The molecule has 150 valence electrons. The molecular formula is C19H25N5O3S. The second-order valence-corrected chi connectivity index (χ2v) is 7.87. The first-order valence-electron chi connectivity index (χ1n) is 9.17. The third-order valence-electron chi connectivity index (χ3n) is 4.86. The lowest BCUT2D eigenvalue weighted by Gasteiger charge is -2.40. The number of hydrogen-bond acceptors (Lipinski definition) is 6. The van der Waals surface area contributed by atoms with Gasteiger partial charge in [-0.2, -0.15) is 0 Å². The van der Waals surface area contributed by atoms with Gasteiger partial charge in [-0.25, -0.2) is 9.79 Å². The zero-order valence-electron chi connectivity index (χ0n) is 16.5. The van der Waals surface area contributed by atoms with E-state index in [0.717, 1.165) is 11.1 Å². The first-order valence-corrected chi connectivity index (χ1v) is 10.2. The molecule has 2 heterocycles. The molecule has 0 aliphatic carbocycles. The summed E-state index contributed by atoms with van der Waals surface area (Å²) in [7, 11) is 3.43. The average Bonchev–Trinajstić information content (AvgIpc) is 3.00. The van der Waals surface area contributed by atoms with Gasteiger partial charge in [0.1, 0.15) is 0 Å². The van der Waals surface area contributed by atoms with Gasteiger partial charge in [-0.3, -0.25) is 14.5 Å². The summed E-state index contributed by atoms with van der Waals surface area (Å²) in [4.78, 5) is 46.7. The summed E-state index contributed by atoms with van der Waals surface area (Å²) in [6.45, 7) is 4.64. The number of hydrogen-bond donors (Lipinski definition) is 1. The van der Waals surface area contributed by atoms with Crippen LogP contribution in [0.4, 0.5) is 4.79 Å². The second-order valence-electron chi connectivity index (χ2n) is 6.93. The van der Waals surface area contributed by atoms with Gasteiger partial charge >= 0.3 is 6.03 Å². The lowest BCUT2D eigenvalue weighted by Crippen LogP contribution is -2.64. The standard InChI is InChI=1S/C19H25N5O3S/c1-5-20-14(25)11-28-18-21-16-15(22(18)3)17(26)24(19(27)23(16)4)10-13-8-6-12(2)7-9-13/h6-9,15-16H,5,10-11H2,1-4H3,(H,20,25). The first-order chi connectivity index (χ1) is 13.3. The van der Waals surface area contributed by atoms with Crippen molar-refractivity contribution in [1.82, 2.24) is 20.0 Å². The van der Waals surface area contributed by atoms with Gasteiger partial charge in [0.25, 0.3) is 5.91 Å². The van der Waals surface area contributed by atoms with Crippen LogP contribution in [0.1, 0.15) is 18.1 Å². The Bertz CT molecular complexity index is 810. The molecule has 28 heavy (non-hydrogen) atoms. The number of amidine groups is 1. The van der Waals surface area contributed by atoms with Gasteiger partial charge in [0.2, 0.25) is 5.91 Å². The van der Waals surface area contributed by atoms with Gasteiger partial charge in [0.05, 0.1) is 12.3 Å². The Morgan fingerprint density at radius 3 is 2.50 bits per heavy atom. The van der Waals surface area contributed by atoms with Crippen molar-refractivity contribution in [2.24, 2.45) is 4.99 Å². The SMILES string of the molecule is CCNC(=O)CSC1=NC2C(C(=O)N(Cc3ccc(C)cc3)C(=O)N2C)N1C. The highest BCUT2D eigenvalue weighted by atomic mass is 32.2. The van der Waals surface area contributed by atoms with E-state index in [1.807, 2.05) is 38.1 Å². The molecule has 1 fully saturated rings. The van der Waals surface area contributed by atoms with Crippen LogP contribution in [-0.4, -0.2) is 76.3 Å². The molecule has 3 rings (SSSR count). The molecule has 1 aromatic rings. The zero-order valence-corrected chi connectivity index (χ0v) is 17.3. The maximum Gasteiger partial charge on any atom is 0.328 e. The van der Waals surface area contributed by atoms with Crippen LogP contribution in [0.3, 0.4) is 0 Å². The van der Waals surface area contributed by atoms with Crippen molar-refractivity contribution in [3.05, 3.63) is 35.4 Å². The first kappa shape index (κ1) is 20.2. The number of aryl methyl sites for hydroxylation is 1. The van der Waals surface area contributed by atoms with Gasteiger partial charge < -0.3 is 15.1 Å². The van der Waals surface area contributed by atoms with Gasteiger partial charge in [-0.05, 0) is 19.4 Å². The molecule has 1 N–H and O–H groups in total. The van der Waals surface area contributed by atoms with Crippen LogP contribution >= 0.6 is 11.8 Å². The van der Waals surface area contributed by atoms with Crippen molar-refractivity contribution >= 4 is 34.8 Å². The van der Waals surface area contributed by atoms with E-state index in [9.17, 15) is 14.4 Å². The number of thioether (sulfide) groups is 1. The van der Waals surface area contributed by atoms with Crippen molar-refractivity contribution in [1.29, 1.82) is 0 Å². The molecule has 9 heteroatoms. The van der Waals surface area contributed by atoms with Crippen LogP contribution in [-0.2, 0) is 16.1 Å². The summed E-state index contributed by atoms with van der Waals surface area (Å²) < 4.78 is 0. The minimum Gasteiger partial charge on any atom is -0.356 e. The summed E-state index contributed by atoms with van der Waals surface area (Å²) in [5.74, 6) is -0.140. The number of nitrogens with one attached hydrogen (secondary N) is 1. The molecule has 0 saturated carbocycles. The number of aliphatic imine (C=N–C) groups is 1. The second kappa shape index (κ2) is 8.22. The summed E-state index contributed by atoms with van der Waals surface area (Å²) >= 11 is 1.27. The van der Waals surface area contributed by atoms with Crippen LogP contribution in [0.15, 0.2) is 29.3 Å². The monoisotopic (exact) mass is 403 g/mol. The number of rotatable bonds is 5. The molecule has 2 unspecified atom stereocenters. The molecule has 1 aromatic carbocycles. The molecular weight excluding hydrogens is 378 g/mol. The number of carbonyl (C=O) groups is 3. The Morgan fingerprint density at radius 1 is 1.18 bits per heavy atom. The van der Waals surface area contributed by atoms with Crippen LogP contribution in [0.5, 0.6) is 0 Å². The molecule has 0 aromatic heterocycles. The summed E-state index contributed by atoms with van der Waals surface area (Å²) in [5, 5.41) is 3.33. The number of benzene rings is 1. The van der Waals surface area contributed by atoms with Gasteiger partial charge in [0.15, 0.2) is 17.4 Å². The number of likely N-dealkylation sites (N-methyl/N-ethyl adjacent to an activating group) is 2. The number of nitrogens with zero attached hydrogens (tertiary/aromatic N) is 4. The Hall–Kier alpha value is -2.55. The fraction of sp³-hybridized carbons (Fsp3) is 0.474. The number of urea groups is 1. The number of fused-ring (bicyclic) bond motifs is 1. The summed E-state index contributed by atoms with van der Waals surface area (Å²) in [5.41, 5.74) is 2.02. The van der Waals surface area contributed by atoms with E-state index in [4.69, 9.17) is 0 Å². The van der Waals surface area contributed by atoms with Gasteiger partial charge in [-0.1, -0.05) is 41.6 Å². The highest BCUT2D eigenvalue weighted by Gasteiger charge is 2.50. The Kier molecular flexibility index (Phi) is 5.93. The highest BCUT2D eigenvalue weighted by molar-refractivity contribution is 8.14. The van der Waals surface area contributed by atoms with Crippen LogP contribution in [0.2, 0.25) is 0 Å². The van der Waals surface area contributed by atoms with Crippen LogP contribution in [0, 0.1) is 6.92 Å². The highest BCUT2D eigenvalue weighted by Crippen LogP contribution is 2.30. The van der Waals surface area contributed by atoms with E-state index >= 15 is 0 Å². The van der Waals surface area contributed by atoms with Crippen molar-refractivity contribution in [2.45, 2.75) is 32.6 Å². The average molecular weight is 404 g/mol. The van der Waals surface area contributed by atoms with E-state index in [2.05, 4.69) is 10.3 Å². The lowest BCUT2D eigenvalue weighted by atomic mass is 10.1. The van der Waals surface area contributed by atoms with Crippen molar-refractivity contribution in [3.8, 4) is 0 Å². The van der Waals surface area contributed by atoms with E-state index in [0.29, 0.717) is 11.7 Å². The molecule has 0 bridgehead atoms. The Morgan fingerprint density at radius 2 is 1.86 bits per heavy atom. The van der Waals surface area contributed by atoms with Crippen LogP contribution in [0.25, 0.3) is 0 Å². The van der Waals surface area contributed by atoms with Gasteiger partial charge in [0, 0.05) is 20.6 Å². The van der Waals surface area contributed by atoms with Crippen molar-refractivity contribution < 1.29 is 14.4 Å². The maximum atomic E-state index is 13.1. The number of imide groups is 1. The quantitative estimate of drug-likeness (QED) is 0.800. The summed E-state index contributed by atoms with van der Waals surface area (Å²) in [6, 6.07) is 6.82. The molecule has 2 aliphatic heterocycles. The fourth-order valence-electron chi connectivity index (χ4n) is 3.28. The lowest BCUT2D eigenvalue weighted by molar-refractivity contribution is -0.137. The van der Waals surface area contributed by atoms with E-state index in [-0.39, 0.29) is 30.1 Å². The third kappa shape index (κ3) is 3.84. The summed E-state index contributed by atoms with van der Waals surface area (Å²) in [6.07, 6.45) is -0.573. The molecule has 0 spiro atoms. The fourth-order valence-corrected chi connectivity index (χ4v) is 4.14. The largest absolute Gasteiger partial charge is 0.356 e. The van der Waals surface area contributed by atoms with Gasteiger partial charge in [-0.15, -0.1) is 0 Å². The number of carbonyl (C=O) groups excluding carboxylic acids is 3. The van der Waals surface area contributed by atoms with E-state index in [1.165, 1.54) is 21.6 Å². The van der Waals surface area contributed by atoms with E-state index in [1.54, 1.807) is 19.0 Å². The third-order valence-corrected chi connectivity index (χ3v) is 5.92. The predicted molar refractivity (Wildman–Crippen MR) is 109 cm³/mol. The number of amides is 4. The zero-order chi connectivity index (χ0) is 20.4. The predicted octanol–water partition coefficient (Wildman–Crippen LogP) is 1.25. The molecule has 8 nitrogen and oxygen atoms in total. The molecule has 1 saturated heterocycles. The minimum atomic E-state index is -0.579. The maximum absolute atomic E-state index is 13.1. The van der Waals surface area contributed by atoms with Crippen LogP contribution < -0.4 is 5.32 Å². The Labute approximate surface area is 168 Å². The molecule has 2 atom stereocenters. The topological polar surface area (TPSA) is 85.3 Å². The Balaban J connectivity index is 1.75. The molecule has 2 aliphatic rings. The smallest absolute Gasteiger partial charge is 0.328 e. The minimum absolute atomic E-state index is 0.0878.